The van der Waals surface area contributed by atoms with Crippen LogP contribution in [0.4, 0.5) is 0 Å². The topological polar surface area (TPSA) is 53.7 Å². The predicted octanol–water partition coefficient (Wildman–Crippen LogP) is 1.57. The Bertz CT molecular complexity index is 357. The van der Waals surface area contributed by atoms with E-state index in [1.54, 1.807) is 11.8 Å². The lowest BCUT2D eigenvalue weighted by molar-refractivity contribution is 0.140. The van der Waals surface area contributed by atoms with Crippen LogP contribution in [-0.4, -0.2) is 19.7 Å². The zero-order chi connectivity index (χ0) is 10.7. The van der Waals surface area contributed by atoms with Crippen LogP contribution >= 0.6 is 11.8 Å². The molecule has 4 nitrogen and oxygen atoms in total. The normalized spacial score (nSPS) is 13.2. The number of hydrogen-bond acceptors (Lipinski definition) is 5. The molecule has 1 aliphatic rings. The maximum Gasteiger partial charge on any atom is 0.231 e. The van der Waals surface area contributed by atoms with Crippen molar-refractivity contribution in [2.24, 2.45) is 5.90 Å². The van der Waals surface area contributed by atoms with Gasteiger partial charge in [0.15, 0.2) is 11.5 Å². The minimum absolute atomic E-state index is 0.305. The number of hydrogen-bond donors (Lipinski definition) is 1. The fourth-order valence-corrected chi connectivity index (χ4v) is 2.35. The Morgan fingerprint density at radius 2 is 2.33 bits per heavy atom. The van der Waals surface area contributed by atoms with E-state index in [9.17, 15) is 0 Å². The van der Waals surface area contributed by atoms with Gasteiger partial charge in [-0.05, 0) is 24.3 Å². The van der Waals surface area contributed by atoms with Crippen molar-refractivity contribution in [3.8, 4) is 11.5 Å². The first kappa shape index (κ1) is 10.6. The highest BCUT2D eigenvalue weighted by atomic mass is 32.2. The van der Waals surface area contributed by atoms with Crippen molar-refractivity contribution in [2.75, 3.05) is 19.7 Å². The van der Waals surface area contributed by atoms with Crippen molar-refractivity contribution in [3.05, 3.63) is 17.7 Å². The van der Waals surface area contributed by atoms with Crippen molar-refractivity contribution < 1.29 is 14.3 Å². The average Bonchev–Trinajstić information content (AvgIpc) is 2.73. The highest BCUT2D eigenvalue weighted by Gasteiger charge is 2.19. The Balaban J connectivity index is 2.30. The minimum atomic E-state index is 0.305. The van der Waals surface area contributed by atoms with E-state index in [2.05, 4.69) is 4.84 Å². The molecule has 0 fully saturated rings. The SMILES string of the molecule is CSc1c(CCON)ccc2c1OCO2. The van der Waals surface area contributed by atoms with Gasteiger partial charge in [-0.1, -0.05) is 6.07 Å². The molecule has 1 aliphatic heterocycles. The van der Waals surface area contributed by atoms with Gasteiger partial charge < -0.3 is 14.3 Å². The van der Waals surface area contributed by atoms with Crippen LogP contribution in [0.25, 0.3) is 0 Å². The molecular formula is C10H13NO3S. The third kappa shape index (κ3) is 2.04. The molecule has 0 aliphatic carbocycles. The van der Waals surface area contributed by atoms with Crippen molar-refractivity contribution in [1.29, 1.82) is 0 Å². The van der Waals surface area contributed by atoms with Crippen LogP contribution in [0.2, 0.25) is 0 Å². The smallest absolute Gasteiger partial charge is 0.231 e. The molecule has 1 aromatic rings. The van der Waals surface area contributed by atoms with Gasteiger partial charge in [-0.25, -0.2) is 5.90 Å². The van der Waals surface area contributed by atoms with Crippen LogP contribution in [0.5, 0.6) is 11.5 Å². The molecule has 0 radical (unpaired) electrons. The van der Waals surface area contributed by atoms with Crippen molar-refractivity contribution in [3.63, 3.8) is 0 Å². The van der Waals surface area contributed by atoms with Gasteiger partial charge in [-0.3, -0.25) is 0 Å². The molecule has 82 valence electrons. The summed E-state index contributed by atoms with van der Waals surface area (Å²) in [6.45, 7) is 0.812. The fourth-order valence-electron chi connectivity index (χ4n) is 1.58. The Morgan fingerprint density at radius 1 is 1.47 bits per heavy atom. The van der Waals surface area contributed by atoms with Gasteiger partial charge in [-0.2, -0.15) is 0 Å². The largest absolute Gasteiger partial charge is 0.454 e. The zero-order valence-electron chi connectivity index (χ0n) is 8.49. The van der Waals surface area contributed by atoms with Crippen LogP contribution < -0.4 is 15.4 Å². The fraction of sp³-hybridized carbons (Fsp3) is 0.400. The molecule has 0 atom stereocenters. The van der Waals surface area contributed by atoms with E-state index in [-0.39, 0.29) is 0 Å². The van der Waals surface area contributed by atoms with Gasteiger partial charge in [0.05, 0.1) is 11.5 Å². The molecule has 15 heavy (non-hydrogen) atoms. The molecule has 5 heteroatoms. The second-order valence-electron chi connectivity index (χ2n) is 3.11. The molecule has 0 amide bonds. The van der Waals surface area contributed by atoms with Gasteiger partial charge in [0, 0.05) is 0 Å². The Kier molecular flexibility index (Phi) is 3.35. The van der Waals surface area contributed by atoms with Gasteiger partial charge in [0.2, 0.25) is 6.79 Å². The van der Waals surface area contributed by atoms with E-state index < -0.39 is 0 Å². The molecule has 0 saturated heterocycles. The maximum atomic E-state index is 5.43. The highest BCUT2D eigenvalue weighted by molar-refractivity contribution is 7.98. The second-order valence-corrected chi connectivity index (χ2v) is 3.93. The summed E-state index contributed by atoms with van der Waals surface area (Å²) < 4.78 is 10.7. The lowest BCUT2D eigenvalue weighted by atomic mass is 10.1. The number of thioether (sulfide) groups is 1. The first-order valence-electron chi connectivity index (χ1n) is 4.64. The van der Waals surface area contributed by atoms with Crippen LogP contribution in [0, 0.1) is 0 Å². The minimum Gasteiger partial charge on any atom is -0.454 e. The number of ether oxygens (including phenoxy) is 2. The lowest BCUT2D eigenvalue weighted by Gasteiger charge is -2.09. The molecule has 2 rings (SSSR count). The summed E-state index contributed by atoms with van der Waals surface area (Å²) in [7, 11) is 0. The predicted molar refractivity (Wildman–Crippen MR) is 58.2 cm³/mol. The van der Waals surface area contributed by atoms with E-state index in [1.807, 2.05) is 18.4 Å². The third-order valence-electron chi connectivity index (χ3n) is 2.27. The first-order valence-corrected chi connectivity index (χ1v) is 5.86. The number of benzene rings is 1. The Morgan fingerprint density at radius 3 is 3.07 bits per heavy atom. The quantitative estimate of drug-likeness (QED) is 0.625. The van der Waals surface area contributed by atoms with Gasteiger partial charge >= 0.3 is 0 Å². The van der Waals surface area contributed by atoms with E-state index in [0.29, 0.717) is 13.4 Å². The molecular weight excluding hydrogens is 214 g/mol. The summed E-state index contributed by atoms with van der Waals surface area (Å²) in [6.07, 6.45) is 2.80. The van der Waals surface area contributed by atoms with Gasteiger partial charge in [0.25, 0.3) is 0 Å². The average molecular weight is 227 g/mol. The van der Waals surface area contributed by atoms with Crippen LogP contribution in [0.3, 0.4) is 0 Å². The lowest BCUT2D eigenvalue weighted by Crippen LogP contribution is -2.04. The summed E-state index contributed by atoms with van der Waals surface area (Å²) in [5, 5.41) is 0. The molecule has 0 saturated carbocycles. The third-order valence-corrected chi connectivity index (χ3v) is 3.12. The number of nitrogens with two attached hydrogens (primary N) is 1. The summed E-state index contributed by atoms with van der Waals surface area (Å²) in [6, 6.07) is 3.95. The van der Waals surface area contributed by atoms with Crippen molar-refractivity contribution in [1.82, 2.24) is 0 Å². The van der Waals surface area contributed by atoms with Crippen LogP contribution in [0.15, 0.2) is 17.0 Å². The number of fused-ring (bicyclic) bond motifs is 1. The molecule has 0 unspecified atom stereocenters. The van der Waals surface area contributed by atoms with Crippen LogP contribution in [-0.2, 0) is 11.3 Å². The molecule has 0 spiro atoms. The zero-order valence-corrected chi connectivity index (χ0v) is 9.30. The van der Waals surface area contributed by atoms with E-state index in [1.165, 1.54) is 5.56 Å². The van der Waals surface area contributed by atoms with Crippen LogP contribution in [0.1, 0.15) is 5.56 Å². The molecule has 0 bridgehead atoms. The molecule has 2 N–H and O–H groups in total. The van der Waals surface area contributed by atoms with E-state index in [0.717, 1.165) is 22.8 Å². The Hall–Kier alpha value is -0.910. The maximum absolute atomic E-state index is 5.43. The first-order chi connectivity index (χ1) is 7.36. The Labute approximate surface area is 92.6 Å². The summed E-state index contributed by atoms with van der Waals surface area (Å²) in [5.74, 6) is 6.68. The van der Waals surface area contributed by atoms with E-state index in [4.69, 9.17) is 15.4 Å². The summed E-state index contributed by atoms with van der Waals surface area (Å²) >= 11 is 1.65. The van der Waals surface area contributed by atoms with Gasteiger partial charge in [-0.15, -0.1) is 11.8 Å². The van der Waals surface area contributed by atoms with Crippen molar-refractivity contribution >= 4 is 11.8 Å². The molecule has 1 aromatic carbocycles. The van der Waals surface area contributed by atoms with Gasteiger partial charge in [0.1, 0.15) is 0 Å². The second kappa shape index (κ2) is 4.74. The monoisotopic (exact) mass is 227 g/mol. The van der Waals surface area contributed by atoms with E-state index >= 15 is 0 Å². The highest BCUT2D eigenvalue weighted by Crippen LogP contribution is 2.42. The summed E-state index contributed by atoms with van der Waals surface area (Å²) in [5.41, 5.74) is 1.18. The van der Waals surface area contributed by atoms with Crippen molar-refractivity contribution in [2.45, 2.75) is 11.3 Å². The number of rotatable bonds is 4. The summed E-state index contributed by atoms with van der Waals surface area (Å²) in [4.78, 5) is 5.70. The standard InChI is InChI=1S/C10H13NO3S/c1-15-10-7(4-5-14-11)2-3-8-9(10)13-6-12-8/h2-3H,4-6,11H2,1H3. The molecule has 0 aromatic heterocycles. The molecule has 1 heterocycles.